The van der Waals surface area contributed by atoms with Gasteiger partial charge in [-0.1, -0.05) is 46.2 Å². The number of hydrogen-bond acceptors (Lipinski definition) is 2. The maximum Gasteiger partial charge on any atom is 0.241 e. The van der Waals surface area contributed by atoms with Crippen LogP contribution in [0.2, 0.25) is 0 Å². The van der Waals surface area contributed by atoms with Crippen LogP contribution < -0.4 is 11.1 Å². The van der Waals surface area contributed by atoms with Crippen molar-refractivity contribution in [3.63, 3.8) is 0 Å². The van der Waals surface area contributed by atoms with Gasteiger partial charge in [-0.15, -0.1) is 0 Å². The molecule has 3 nitrogen and oxygen atoms in total. The van der Waals surface area contributed by atoms with Crippen molar-refractivity contribution in [2.75, 3.05) is 5.32 Å². The second kappa shape index (κ2) is 6.55. The summed E-state index contributed by atoms with van der Waals surface area (Å²) in [7, 11) is 0. The summed E-state index contributed by atoms with van der Waals surface area (Å²) in [5.74, 6) is 0.536. The van der Waals surface area contributed by atoms with Crippen molar-refractivity contribution < 1.29 is 4.79 Å². The Morgan fingerprint density at radius 2 is 2.00 bits per heavy atom. The molecule has 0 fully saturated rings. The number of benzene rings is 1. The van der Waals surface area contributed by atoms with E-state index in [-0.39, 0.29) is 11.8 Å². The van der Waals surface area contributed by atoms with E-state index in [0.29, 0.717) is 5.92 Å². The Labute approximate surface area is 110 Å². The van der Waals surface area contributed by atoms with Gasteiger partial charge in [-0.3, -0.25) is 4.79 Å². The third kappa shape index (κ3) is 3.84. The smallest absolute Gasteiger partial charge is 0.241 e. The van der Waals surface area contributed by atoms with Crippen molar-refractivity contribution >= 4 is 11.6 Å². The highest BCUT2D eigenvalue weighted by Crippen LogP contribution is 2.19. The third-order valence-electron chi connectivity index (χ3n) is 3.38. The van der Waals surface area contributed by atoms with Crippen LogP contribution in [0.4, 0.5) is 5.69 Å². The molecule has 0 radical (unpaired) electrons. The molecule has 0 aromatic heterocycles. The van der Waals surface area contributed by atoms with Crippen LogP contribution in [-0.2, 0) is 4.79 Å². The lowest BCUT2D eigenvalue weighted by Crippen LogP contribution is -2.40. The molecule has 2 atom stereocenters. The summed E-state index contributed by atoms with van der Waals surface area (Å²) in [6.07, 6.45) is 0.903. The van der Waals surface area contributed by atoms with Gasteiger partial charge < -0.3 is 11.1 Å². The topological polar surface area (TPSA) is 55.1 Å². The molecule has 0 heterocycles. The summed E-state index contributed by atoms with van der Waals surface area (Å²) in [5.41, 5.74) is 7.94. The summed E-state index contributed by atoms with van der Waals surface area (Å²) < 4.78 is 0. The van der Waals surface area contributed by atoms with Gasteiger partial charge in [0.25, 0.3) is 0 Å². The van der Waals surface area contributed by atoms with Crippen LogP contribution in [0.15, 0.2) is 24.3 Å². The van der Waals surface area contributed by atoms with Crippen LogP contribution in [0.25, 0.3) is 0 Å². The van der Waals surface area contributed by atoms with E-state index in [4.69, 9.17) is 5.73 Å². The van der Waals surface area contributed by atoms with Crippen molar-refractivity contribution in [3.8, 4) is 0 Å². The Morgan fingerprint density at radius 3 is 2.56 bits per heavy atom. The Morgan fingerprint density at radius 1 is 1.33 bits per heavy atom. The van der Waals surface area contributed by atoms with Crippen molar-refractivity contribution in [3.05, 3.63) is 29.8 Å². The summed E-state index contributed by atoms with van der Waals surface area (Å²) in [6.45, 7) is 8.30. The Bertz CT molecular complexity index is 401. The highest BCUT2D eigenvalue weighted by atomic mass is 16.2. The molecule has 0 aliphatic carbocycles. The fourth-order valence-corrected chi connectivity index (χ4v) is 1.71. The zero-order chi connectivity index (χ0) is 13.7. The SMILES string of the molecule is CCC(C)C(N)C(=O)Nc1cccc(C(C)C)c1. The molecule has 0 spiro atoms. The molecular formula is C15H24N2O. The third-order valence-corrected chi connectivity index (χ3v) is 3.38. The Hall–Kier alpha value is -1.35. The molecule has 3 heteroatoms. The average molecular weight is 248 g/mol. The van der Waals surface area contributed by atoms with E-state index in [1.54, 1.807) is 0 Å². The molecule has 1 aromatic carbocycles. The standard InChI is InChI=1S/C15H24N2O/c1-5-11(4)14(16)15(18)17-13-8-6-7-12(9-13)10(2)3/h6-11,14H,5,16H2,1-4H3,(H,17,18). The minimum atomic E-state index is -0.447. The average Bonchev–Trinajstić information content (AvgIpc) is 2.37. The summed E-state index contributed by atoms with van der Waals surface area (Å²) in [5, 5.41) is 2.89. The van der Waals surface area contributed by atoms with Crippen LogP contribution in [0.3, 0.4) is 0 Å². The molecule has 3 N–H and O–H groups in total. The molecule has 100 valence electrons. The minimum absolute atomic E-state index is 0.106. The fraction of sp³-hybridized carbons (Fsp3) is 0.533. The van der Waals surface area contributed by atoms with Crippen LogP contribution in [0.5, 0.6) is 0 Å². The van der Waals surface area contributed by atoms with E-state index in [1.165, 1.54) is 5.56 Å². The normalized spacial score (nSPS) is 14.3. The maximum absolute atomic E-state index is 12.0. The van der Waals surface area contributed by atoms with Crippen LogP contribution in [0.1, 0.15) is 45.6 Å². The second-order valence-electron chi connectivity index (χ2n) is 5.18. The van der Waals surface area contributed by atoms with Crippen molar-refractivity contribution in [1.29, 1.82) is 0 Å². The number of rotatable bonds is 5. The van der Waals surface area contributed by atoms with Crippen LogP contribution in [-0.4, -0.2) is 11.9 Å². The number of carbonyl (C=O) groups is 1. The highest BCUT2D eigenvalue weighted by molar-refractivity contribution is 5.94. The molecule has 2 unspecified atom stereocenters. The first-order valence-corrected chi connectivity index (χ1v) is 6.62. The molecule has 1 aromatic rings. The van der Waals surface area contributed by atoms with Gasteiger partial charge in [0.1, 0.15) is 0 Å². The van der Waals surface area contributed by atoms with Gasteiger partial charge in [0.05, 0.1) is 6.04 Å². The van der Waals surface area contributed by atoms with Gasteiger partial charge in [0.2, 0.25) is 5.91 Å². The van der Waals surface area contributed by atoms with E-state index in [1.807, 2.05) is 32.0 Å². The van der Waals surface area contributed by atoms with Crippen LogP contribution >= 0.6 is 0 Å². The minimum Gasteiger partial charge on any atom is -0.325 e. The van der Waals surface area contributed by atoms with Gasteiger partial charge in [0, 0.05) is 5.69 Å². The molecule has 18 heavy (non-hydrogen) atoms. The molecule has 1 rings (SSSR count). The van der Waals surface area contributed by atoms with Gasteiger partial charge in [-0.2, -0.15) is 0 Å². The molecule has 1 amide bonds. The number of hydrogen-bond donors (Lipinski definition) is 2. The molecule has 0 saturated carbocycles. The maximum atomic E-state index is 12.0. The van der Waals surface area contributed by atoms with Crippen molar-refractivity contribution in [2.45, 2.75) is 46.1 Å². The number of amides is 1. The second-order valence-corrected chi connectivity index (χ2v) is 5.18. The van der Waals surface area contributed by atoms with E-state index in [9.17, 15) is 4.79 Å². The van der Waals surface area contributed by atoms with Crippen molar-refractivity contribution in [1.82, 2.24) is 0 Å². The number of nitrogens with two attached hydrogens (primary N) is 1. The molecule has 0 aliphatic rings. The van der Waals surface area contributed by atoms with E-state index in [2.05, 4.69) is 25.2 Å². The van der Waals surface area contributed by atoms with E-state index < -0.39 is 6.04 Å². The lowest BCUT2D eigenvalue weighted by atomic mass is 9.99. The Kier molecular flexibility index (Phi) is 5.35. The van der Waals surface area contributed by atoms with E-state index >= 15 is 0 Å². The molecular weight excluding hydrogens is 224 g/mol. The lowest BCUT2D eigenvalue weighted by molar-refractivity contribution is -0.118. The fourth-order valence-electron chi connectivity index (χ4n) is 1.71. The van der Waals surface area contributed by atoms with Crippen LogP contribution in [0, 0.1) is 5.92 Å². The first kappa shape index (κ1) is 14.7. The zero-order valence-electron chi connectivity index (χ0n) is 11.7. The summed E-state index contributed by atoms with van der Waals surface area (Å²) in [6, 6.07) is 7.48. The Balaban J connectivity index is 2.73. The number of carbonyl (C=O) groups excluding carboxylic acids is 1. The number of anilines is 1. The largest absolute Gasteiger partial charge is 0.325 e. The quantitative estimate of drug-likeness (QED) is 0.841. The van der Waals surface area contributed by atoms with Gasteiger partial charge in [-0.25, -0.2) is 0 Å². The molecule has 0 bridgehead atoms. The summed E-state index contributed by atoms with van der Waals surface area (Å²) >= 11 is 0. The first-order chi connectivity index (χ1) is 8.45. The van der Waals surface area contributed by atoms with E-state index in [0.717, 1.165) is 12.1 Å². The lowest BCUT2D eigenvalue weighted by Gasteiger charge is -2.18. The predicted molar refractivity (Wildman–Crippen MR) is 76.6 cm³/mol. The van der Waals surface area contributed by atoms with Gasteiger partial charge >= 0.3 is 0 Å². The predicted octanol–water partition coefficient (Wildman–Crippen LogP) is 3.12. The van der Waals surface area contributed by atoms with Gasteiger partial charge in [0.15, 0.2) is 0 Å². The summed E-state index contributed by atoms with van der Waals surface area (Å²) in [4.78, 5) is 12.0. The van der Waals surface area contributed by atoms with Crippen molar-refractivity contribution in [2.24, 2.45) is 11.7 Å². The molecule has 0 aliphatic heterocycles. The first-order valence-electron chi connectivity index (χ1n) is 6.62. The highest BCUT2D eigenvalue weighted by Gasteiger charge is 2.19. The molecule has 0 saturated heterocycles. The zero-order valence-corrected chi connectivity index (χ0v) is 11.7. The van der Waals surface area contributed by atoms with Gasteiger partial charge in [-0.05, 0) is 29.5 Å². The monoisotopic (exact) mass is 248 g/mol. The number of nitrogens with one attached hydrogen (secondary N) is 1.